The molecule has 0 bridgehead atoms. The number of nitrogens with one attached hydrogen (secondary N) is 1. The quantitative estimate of drug-likeness (QED) is 0.757. The van der Waals surface area contributed by atoms with E-state index in [4.69, 9.17) is 11.6 Å². The van der Waals surface area contributed by atoms with E-state index in [9.17, 15) is 13.2 Å². The smallest absolute Gasteiger partial charge is 0.194 e. The molecule has 6 heteroatoms. The van der Waals surface area contributed by atoms with Crippen molar-refractivity contribution in [1.82, 2.24) is 0 Å². The van der Waals surface area contributed by atoms with Gasteiger partial charge in [0.15, 0.2) is 17.5 Å². The van der Waals surface area contributed by atoms with E-state index in [1.54, 1.807) is 18.2 Å². The molecule has 2 aromatic carbocycles. The van der Waals surface area contributed by atoms with Crippen LogP contribution in [0.2, 0.25) is 5.02 Å². The van der Waals surface area contributed by atoms with Gasteiger partial charge in [-0.2, -0.15) is 0 Å². The van der Waals surface area contributed by atoms with E-state index < -0.39 is 17.5 Å². The summed E-state index contributed by atoms with van der Waals surface area (Å²) in [6.45, 7) is 0.322. The van der Waals surface area contributed by atoms with Crippen LogP contribution in [-0.4, -0.2) is 0 Å². The van der Waals surface area contributed by atoms with Crippen LogP contribution in [0.3, 0.4) is 0 Å². The molecule has 0 saturated heterocycles. The van der Waals surface area contributed by atoms with Crippen molar-refractivity contribution >= 4 is 33.2 Å². The second-order valence-electron chi connectivity index (χ2n) is 3.84. The molecule has 2 aromatic rings. The van der Waals surface area contributed by atoms with Gasteiger partial charge in [-0.1, -0.05) is 33.6 Å². The Labute approximate surface area is 121 Å². The molecule has 1 N–H and O–H groups in total. The first kappa shape index (κ1) is 14.2. The Hall–Kier alpha value is -1.20. The van der Waals surface area contributed by atoms with Crippen LogP contribution in [0.4, 0.5) is 18.9 Å². The third-order valence-corrected chi connectivity index (χ3v) is 3.46. The summed E-state index contributed by atoms with van der Waals surface area (Å²) in [5.41, 5.74) is 1.02. The Morgan fingerprint density at radius 3 is 2.26 bits per heavy atom. The number of rotatable bonds is 3. The molecule has 2 rings (SSSR count). The third-order valence-electron chi connectivity index (χ3n) is 2.48. The first-order valence-electron chi connectivity index (χ1n) is 5.29. The number of hydrogen-bond donors (Lipinski definition) is 1. The van der Waals surface area contributed by atoms with Crippen LogP contribution >= 0.6 is 27.5 Å². The van der Waals surface area contributed by atoms with Crippen molar-refractivity contribution in [3.63, 3.8) is 0 Å². The lowest BCUT2D eigenvalue weighted by atomic mass is 10.2. The number of hydrogen-bond acceptors (Lipinski definition) is 1. The summed E-state index contributed by atoms with van der Waals surface area (Å²) in [4.78, 5) is 0. The molecule has 0 unspecified atom stereocenters. The summed E-state index contributed by atoms with van der Waals surface area (Å²) in [5, 5.41) is 3.39. The molecule has 1 nitrogen and oxygen atoms in total. The minimum absolute atomic E-state index is 0.165. The topological polar surface area (TPSA) is 12.0 Å². The van der Waals surface area contributed by atoms with Crippen molar-refractivity contribution in [2.45, 2.75) is 6.54 Å². The summed E-state index contributed by atoms with van der Waals surface area (Å²) in [6, 6.07) is 7.00. The fourth-order valence-electron chi connectivity index (χ4n) is 1.52. The number of benzene rings is 2. The van der Waals surface area contributed by atoms with Gasteiger partial charge >= 0.3 is 0 Å². The van der Waals surface area contributed by atoms with Crippen molar-refractivity contribution < 1.29 is 13.2 Å². The lowest BCUT2D eigenvalue weighted by Gasteiger charge is -2.09. The normalized spacial score (nSPS) is 10.6. The van der Waals surface area contributed by atoms with Gasteiger partial charge in [0.1, 0.15) is 0 Å². The van der Waals surface area contributed by atoms with Gasteiger partial charge in [0, 0.05) is 33.9 Å². The Morgan fingerprint density at radius 2 is 1.68 bits per heavy atom. The molecule has 0 atom stereocenters. The first-order chi connectivity index (χ1) is 8.97. The van der Waals surface area contributed by atoms with Gasteiger partial charge in [-0.05, 0) is 17.7 Å². The Bertz CT molecular complexity index is 596. The molecule has 0 spiro atoms. The highest BCUT2D eigenvalue weighted by atomic mass is 79.9. The molecule has 0 heterocycles. The first-order valence-corrected chi connectivity index (χ1v) is 6.47. The molecule has 0 saturated carbocycles. The van der Waals surface area contributed by atoms with Crippen LogP contribution in [0.15, 0.2) is 34.8 Å². The van der Waals surface area contributed by atoms with Crippen LogP contribution in [0.25, 0.3) is 0 Å². The second-order valence-corrected chi connectivity index (χ2v) is 5.13. The minimum atomic E-state index is -1.47. The Balaban J connectivity index is 2.14. The van der Waals surface area contributed by atoms with Crippen LogP contribution in [0.1, 0.15) is 5.56 Å². The van der Waals surface area contributed by atoms with E-state index in [1.165, 1.54) is 0 Å². The number of anilines is 1. The standard InChI is InChI=1S/C13H8BrClF3N/c14-10-3-8(15)2-1-7(10)6-19-9-4-11(16)13(18)12(17)5-9/h1-5,19H,6H2. The van der Waals surface area contributed by atoms with Crippen molar-refractivity contribution in [1.29, 1.82) is 0 Å². The summed E-state index contributed by atoms with van der Waals surface area (Å²) in [7, 11) is 0. The highest BCUT2D eigenvalue weighted by Crippen LogP contribution is 2.23. The molecule has 0 aliphatic heterocycles. The Morgan fingerprint density at radius 1 is 1.05 bits per heavy atom. The van der Waals surface area contributed by atoms with Crippen LogP contribution in [0, 0.1) is 17.5 Å². The third kappa shape index (κ3) is 3.42. The largest absolute Gasteiger partial charge is 0.381 e. The molecule has 0 fully saturated rings. The van der Waals surface area contributed by atoms with Gasteiger partial charge in [0.05, 0.1) is 0 Å². The average molecular weight is 351 g/mol. The summed E-state index contributed by atoms with van der Waals surface area (Å²) >= 11 is 9.13. The van der Waals surface area contributed by atoms with Crippen LogP contribution in [0.5, 0.6) is 0 Å². The fourth-order valence-corrected chi connectivity index (χ4v) is 2.34. The maximum atomic E-state index is 13.0. The lowest BCUT2D eigenvalue weighted by Crippen LogP contribution is -2.02. The molecule has 0 aromatic heterocycles. The second kappa shape index (κ2) is 5.84. The predicted molar refractivity (Wildman–Crippen MR) is 72.8 cm³/mol. The van der Waals surface area contributed by atoms with Gasteiger partial charge < -0.3 is 5.32 Å². The van der Waals surface area contributed by atoms with E-state index in [-0.39, 0.29) is 5.69 Å². The van der Waals surface area contributed by atoms with Gasteiger partial charge in [-0.25, -0.2) is 13.2 Å². The maximum Gasteiger partial charge on any atom is 0.194 e. The van der Waals surface area contributed by atoms with Gasteiger partial charge in [0.2, 0.25) is 0 Å². The molecular formula is C13H8BrClF3N. The van der Waals surface area contributed by atoms with Gasteiger partial charge in [-0.3, -0.25) is 0 Å². The zero-order valence-electron chi connectivity index (χ0n) is 9.48. The van der Waals surface area contributed by atoms with E-state index >= 15 is 0 Å². The van der Waals surface area contributed by atoms with Gasteiger partial charge in [0.25, 0.3) is 0 Å². The zero-order valence-corrected chi connectivity index (χ0v) is 11.8. The zero-order chi connectivity index (χ0) is 14.0. The summed E-state index contributed by atoms with van der Waals surface area (Å²) in [5.74, 6) is -3.92. The Kier molecular flexibility index (Phi) is 4.37. The maximum absolute atomic E-state index is 13.0. The fraction of sp³-hybridized carbons (Fsp3) is 0.0769. The lowest BCUT2D eigenvalue weighted by molar-refractivity contribution is 0.447. The van der Waals surface area contributed by atoms with Crippen molar-refractivity contribution in [3.05, 3.63) is 62.8 Å². The summed E-state index contributed by atoms with van der Waals surface area (Å²) < 4.78 is 39.6. The molecule has 0 radical (unpaired) electrons. The van der Waals surface area contributed by atoms with E-state index in [0.717, 1.165) is 22.2 Å². The monoisotopic (exact) mass is 349 g/mol. The highest BCUT2D eigenvalue weighted by molar-refractivity contribution is 9.10. The number of halogens is 5. The van der Waals surface area contributed by atoms with Crippen molar-refractivity contribution in [3.8, 4) is 0 Å². The minimum Gasteiger partial charge on any atom is -0.381 e. The average Bonchev–Trinajstić information content (AvgIpc) is 2.34. The molecule has 19 heavy (non-hydrogen) atoms. The highest BCUT2D eigenvalue weighted by Gasteiger charge is 2.10. The molecule has 0 aliphatic carbocycles. The molecule has 0 aliphatic rings. The molecular weight excluding hydrogens is 343 g/mol. The van der Waals surface area contributed by atoms with Crippen LogP contribution in [-0.2, 0) is 6.54 Å². The van der Waals surface area contributed by atoms with Crippen molar-refractivity contribution in [2.75, 3.05) is 5.32 Å². The van der Waals surface area contributed by atoms with E-state index in [2.05, 4.69) is 21.2 Å². The van der Waals surface area contributed by atoms with Crippen molar-refractivity contribution in [2.24, 2.45) is 0 Å². The molecule has 100 valence electrons. The SMILES string of the molecule is Fc1cc(NCc2ccc(Cl)cc2Br)cc(F)c1F. The summed E-state index contributed by atoms with van der Waals surface area (Å²) in [6.07, 6.45) is 0. The molecule has 0 amide bonds. The van der Waals surface area contributed by atoms with E-state index in [0.29, 0.717) is 11.6 Å². The predicted octanol–water partition coefficient (Wildman–Crippen LogP) is 5.13. The van der Waals surface area contributed by atoms with E-state index in [1.807, 2.05) is 0 Å². The van der Waals surface area contributed by atoms with Gasteiger partial charge in [-0.15, -0.1) is 0 Å². The van der Waals surface area contributed by atoms with Crippen LogP contribution < -0.4 is 5.32 Å².